The topological polar surface area (TPSA) is 48.1 Å². The quantitative estimate of drug-likeness (QED) is 0.204. The van der Waals surface area contributed by atoms with E-state index in [0.29, 0.717) is 17.3 Å². The third-order valence-electron chi connectivity index (χ3n) is 4.74. The smallest absolute Gasteiger partial charge is 0.412 e. The molecule has 30 heavy (non-hydrogen) atoms. The molecule has 14 heteroatoms. The fraction of sp³-hybridized carbons (Fsp3) is 0.750. The molecule has 0 aromatic rings. The van der Waals surface area contributed by atoms with Crippen molar-refractivity contribution >= 4 is 117 Å². The van der Waals surface area contributed by atoms with E-state index in [0.717, 1.165) is 25.7 Å². The van der Waals surface area contributed by atoms with Crippen LogP contribution in [0.4, 0.5) is 0 Å². The van der Waals surface area contributed by atoms with Crippen LogP contribution in [0, 0.1) is 0 Å². The van der Waals surface area contributed by atoms with E-state index in [2.05, 4.69) is 21.3 Å². The SMILES string of the molecule is S=C([S-])NC1CCCCC1NC(=S)[S-].S=C([S-])NC1CCCCC1NC(=S)[S-].[Cu+2].[Zn+2]. The Bertz CT molecular complexity index is 475. The Hall–Kier alpha value is 1.58. The number of thiocarbonyl (C=S) groups is 4. The van der Waals surface area contributed by atoms with Crippen molar-refractivity contribution < 1.29 is 36.5 Å². The minimum absolute atomic E-state index is 0. The standard InChI is InChI=1S/2C8H14N2S4.Cu.Zn/c2*11-7(12)9-5-3-1-2-4-6(5)10-8(13)14;;/h2*5-6H,1-4H2,(H2,9,11,12)(H2,10,13,14);;/q;;2*+2/p-4. The Kier molecular flexibility index (Phi) is 21.3. The fourth-order valence-electron chi connectivity index (χ4n) is 3.56. The van der Waals surface area contributed by atoms with Crippen molar-refractivity contribution in [2.24, 2.45) is 0 Å². The average molecular weight is 658 g/mol. The van der Waals surface area contributed by atoms with Gasteiger partial charge in [-0.15, -0.1) is 0 Å². The zero-order chi connectivity index (χ0) is 21.1. The van der Waals surface area contributed by atoms with Crippen LogP contribution in [0.25, 0.3) is 0 Å². The van der Waals surface area contributed by atoms with Crippen LogP contribution in [-0.2, 0) is 87.1 Å². The first-order valence-electron chi connectivity index (χ1n) is 9.09. The zero-order valence-corrected chi connectivity index (χ0v) is 26.7. The molecule has 4 unspecified atom stereocenters. The molecule has 2 saturated carbocycles. The van der Waals surface area contributed by atoms with Crippen molar-refractivity contribution in [3.8, 4) is 0 Å². The Balaban J connectivity index is 0. The second kappa shape index (κ2) is 18.9. The van der Waals surface area contributed by atoms with Gasteiger partial charge in [0, 0.05) is 24.2 Å². The van der Waals surface area contributed by atoms with Crippen molar-refractivity contribution in [1.82, 2.24) is 21.3 Å². The second-order valence-electron chi connectivity index (χ2n) is 6.72. The number of hydrogen-bond donors (Lipinski definition) is 4. The summed E-state index contributed by atoms with van der Waals surface area (Å²) in [5, 5.41) is 12.5. The van der Waals surface area contributed by atoms with E-state index < -0.39 is 0 Å². The second-order valence-corrected chi connectivity index (χ2v) is 11.0. The summed E-state index contributed by atoms with van der Waals surface area (Å²) >= 11 is 38.9. The monoisotopic (exact) mass is 655 g/mol. The van der Waals surface area contributed by atoms with Crippen LogP contribution in [0.5, 0.6) is 0 Å². The largest absolute Gasteiger partial charge is 2.00 e. The zero-order valence-electron chi connectivity index (χ0n) is 16.2. The van der Waals surface area contributed by atoms with Gasteiger partial charge < -0.3 is 121 Å². The van der Waals surface area contributed by atoms with Gasteiger partial charge in [0.25, 0.3) is 0 Å². The number of rotatable bonds is 4. The first-order chi connectivity index (χ1) is 13.2. The van der Waals surface area contributed by atoms with Crippen LogP contribution in [0.3, 0.4) is 0 Å². The van der Waals surface area contributed by atoms with Gasteiger partial charge >= 0.3 is 36.5 Å². The van der Waals surface area contributed by atoms with Crippen LogP contribution in [0.1, 0.15) is 51.4 Å². The molecule has 2 fully saturated rings. The maximum absolute atomic E-state index is 4.86. The summed E-state index contributed by atoms with van der Waals surface area (Å²) < 4.78 is 1.72. The van der Waals surface area contributed by atoms with Gasteiger partial charge in [-0.05, 0) is 25.7 Å². The molecule has 4 nitrogen and oxygen atoms in total. The van der Waals surface area contributed by atoms with E-state index in [1.165, 1.54) is 25.7 Å². The summed E-state index contributed by atoms with van der Waals surface area (Å²) in [5.74, 6) is 0. The summed E-state index contributed by atoms with van der Waals surface area (Å²) in [7, 11) is 0. The van der Waals surface area contributed by atoms with Gasteiger partial charge in [0.1, 0.15) is 0 Å². The Morgan fingerprint density at radius 3 is 0.800 bits per heavy atom. The third-order valence-corrected chi connectivity index (χ3v) is 5.69. The van der Waals surface area contributed by atoms with Gasteiger partial charge in [0.2, 0.25) is 0 Å². The maximum Gasteiger partial charge on any atom is 2.00 e. The Labute approximate surface area is 247 Å². The van der Waals surface area contributed by atoms with E-state index in [4.69, 9.17) is 99.4 Å². The molecule has 1 radical (unpaired) electrons. The molecule has 2 aliphatic carbocycles. The summed E-state index contributed by atoms with van der Waals surface area (Å²) in [6.07, 6.45) is 9.13. The Morgan fingerprint density at radius 2 is 0.667 bits per heavy atom. The molecule has 4 atom stereocenters. The normalized spacial score (nSPS) is 24.8. The predicted octanol–water partition coefficient (Wildman–Crippen LogP) is 2.28. The third kappa shape index (κ3) is 15.4. The van der Waals surface area contributed by atoms with Gasteiger partial charge in [0.05, 0.1) is 0 Å². The van der Waals surface area contributed by atoms with Crippen molar-refractivity contribution in [2.45, 2.75) is 75.5 Å². The van der Waals surface area contributed by atoms with Gasteiger partial charge in [0.15, 0.2) is 0 Å². The minimum atomic E-state index is 0. The molecule has 0 saturated heterocycles. The van der Waals surface area contributed by atoms with Gasteiger partial charge in [-0.3, -0.25) is 0 Å². The van der Waals surface area contributed by atoms with Crippen molar-refractivity contribution in [3.05, 3.63) is 0 Å². The molecule has 0 aliphatic heterocycles. The van der Waals surface area contributed by atoms with E-state index in [1.54, 1.807) is 0 Å². The first kappa shape index (κ1) is 33.8. The van der Waals surface area contributed by atoms with Crippen LogP contribution in [-0.4, -0.2) is 41.4 Å². The van der Waals surface area contributed by atoms with Crippen LogP contribution in [0.2, 0.25) is 0 Å². The molecule has 0 aromatic heterocycles. The molecule has 0 heterocycles. The van der Waals surface area contributed by atoms with Gasteiger partial charge in [-0.2, -0.15) is 0 Å². The van der Waals surface area contributed by atoms with Crippen molar-refractivity contribution in [1.29, 1.82) is 0 Å². The molecule has 0 bridgehead atoms. The summed E-state index contributed by atoms with van der Waals surface area (Å²) in [4.78, 5) is 0. The number of nitrogens with one attached hydrogen (secondary N) is 4. The van der Waals surface area contributed by atoms with Crippen LogP contribution < -0.4 is 21.3 Å². The molecular weight excluding hydrogens is 634 g/mol. The summed E-state index contributed by atoms with van der Waals surface area (Å²) in [5.41, 5.74) is 0. The fourth-order valence-corrected chi connectivity index (χ4v) is 4.77. The Morgan fingerprint density at radius 1 is 0.500 bits per heavy atom. The maximum atomic E-state index is 4.86. The molecule has 4 N–H and O–H groups in total. The average Bonchev–Trinajstić information content (AvgIpc) is 2.57. The molecule has 2 aliphatic rings. The number of hydrogen-bond acceptors (Lipinski definition) is 8. The molecular formula is C16H24CuN4S8Zn. The van der Waals surface area contributed by atoms with Crippen LogP contribution >= 0.6 is 48.9 Å². The summed E-state index contributed by atoms with van der Waals surface area (Å²) in [6.45, 7) is 0. The minimum Gasteiger partial charge on any atom is -0.412 e. The first-order valence-corrected chi connectivity index (χ1v) is 12.4. The molecule has 0 aromatic carbocycles. The van der Waals surface area contributed by atoms with Crippen molar-refractivity contribution in [2.75, 3.05) is 0 Å². The molecule has 0 spiro atoms. The van der Waals surface area contributed by atoms with Gasteiger partial charge in [-0.25, -0.2) is 0 Å². The van der Waals surface area contributed by atoms with E-state index in [9.17, 15) is 0 Å². The van der Waals surface area contributed by atoms with Crippen molar-refractivity contribution in [3.63, 3.8) is 0 Å². The van der Waals surface area contributed by atoms with E-state index in [1.807, 2.05) is 0 Å². The van der Waals surface area contributed by atoms with E-state index in [-0.39, 0.29) is 60.7 Å². The molecule has 2 rings (SSSR count). The predicted molar refractivity (Wildman–Crippen MR) is 144 cm³/mol. The summed E-state index contributed by atoms with van der Waals surface area (Å²) in [6, 6.07) is 1.15. The van der Waals surface area contributed by atoms with Gasteiger partial charge in [-0.1, -0.05) is 43.0 Å². The molecule has 0 amide bonds. The van der Waals surface area contributed by atoms with Crippen LogP contribution in [0.15, 0.2) is 0 Å². The van der Waals surface area contributed by atoms with E-state index >= 15 is 0 Å². The molecule has 169 valence electrons.